The van der Waals surface area contributed by atoms with Crippen molar-refractivity contribution < 1.29 is 9.53 Å². The summed E-state index contributed by atoms with van der Waals surface area (Å²) in [5.74, 6) is 0.281. The van der Waals surface area contributed by atoms with Gasteiger partial charge in [-0.25, -0.2) is 0 Å². The Morgan fingerprint density at radius 2 is 2.04 bits per heavy atom. The largest absolute Gasteiger partial charge is 0.383 e. The molecule has 1 amide bonds. The lowest BCUT2D eigenvalue weighted by Gasteiger charge is -2.49. The molecule has 1 unspecified atom stereocenters. The number of ether oxygens (including phenoxy) is 1. The highest BCUT2D eigenvalue weighted by Gasteiger charge is 2.41. The van der Waals surface area contributed by atoms with Gasteiger partial charge in [-0.1, -0.05) is 0 Å². The molecule has 7 heteroatoms. The molecule has 2 fully saturated rings. The Morgan fingerprint density at radius 3 is 2.78 bits per heavy atom. The normalized spacial score (nSPS) is 25.3. The smallest absolute Gasteiger partial charge is 0.222 e. The molecule has 0 bridgehead atoms. The SMILES string of the molecule is COCCN1CCC2(CCC1=O)CN(CCCn1cc(C)cn1)CCN2C. The number of likely N-dealkylation sites (tertiary alicyclic amines) is 1. The number of methoxy groups -OCH3 is 1. The van der Waals surface area contributed by atoms with Gasteiger partial charge in [-0.05, 0) is 38.8 Å². The van der Waals surface area contributed by atoms with Crippen LogP contribution < -0.4 is 0 Å². The van der Waals surface area contributed by atoms with Crippen molar-refractivity contribution in [1.82, 2.24) is 24.5 Å². The summed E-state index contributed by atoms with van der Waals surface area (Å²) < 4.78 is 7.21. The Labute approximate surface area is 163 Å². The summed E-state index contributed by atoms with van der Waals surface area (Å²) in [4.78, 5) is 19.6. The zero-order valence-corrected chi connectivity index (χ0v) is 17.2. The van der Waals surface area contributed by atoms with Crippen molar-refractivity contribution in [1.29, 1.82) is 0 Å². The van der Waals surface area contributed by atoms with Gasteiger partial charge in [0.1, 0.15) is 0 Å². The van der Waals surface area contributed by atoms with Gasteiger partial charge in [-0.15, -0.1) is 0 Å². The molecule has 1 aromatic rings. The molecule has 2 aliphatic rings. The van der Waals surface area contributed by atoms with Crippen molar-refractivity contribution >= 4 is 5.91 Å². The first-order valence-electron chi connectivity index (χ1n) is 10.2. The molecule has 3 rings (SSSR count). The molecular weight excluding hydrogens is 342 g/mol. The van der Waals surface area contributed by atoms with Crippen LogP contribution in [0, 0.1) is 6.92 Å². The topological polar surface area (TPSA) is 53.8 Å². The summed E-state index contributed by atoms with van der Waals surface area (Å²) in [6, 6.07) is 0. The molecule has 2 aliphatic heterocycles. The molecule has 1 aromatic heterocycles. The van der Waals surface area contributed by atoms with Crippen LogP contribution in [0.25, 0.3) is 0 Å². The van der Waals surface area contributed by atoms with Gasteiger partial charge in [0.2, 0.25) is 5.91 Å². The summed E-state index contributed by atoms with van der Waals surface area (Å²) >= 11 is 0. The molecule has 0 radical (unpaired) electrons. The number of aromatic nitrogens is 2. The number of hydrogen-bond acceptors (Lipinski definition) is 5. The lowest BCUT2D eigenvalue weighted by molar-refractivity contribution is -0.131. The first-order chi connectivity index (χ1) is 13.0. The molecule has 3 heterocycles. The van der Waals surface area contributed by atoms with E-state index in [1.165, 1.54) is 5.56 Å². The maximum absolute atomic E-state index is 12.5. The number of likely N-dealkylation sites (N-methyl/N-ethyl adjacent to an activating group) is 1. The van der Waals surface area contributed by atoms with Gasteiger partial charge >= 0.3 is 0 Å². The summed E-state index contributed by atoms with van der Waals surface area (Å²) in [5.41, 5.74) is 1.34. The molecule has 0 N–H and O–H groups in total. The highest BCUT2D eigenvalue weighted by molar-refractivity contribution is 5.76. The number of rotatable bonds is 7. The monoisotopic (exact) mass is 377 g/mol. The maximum atomic E-state index is 12.5. The van der Waals surface area contributed by atoms with E-state index in [4.69, 9.17) is 4.74 Å². The van der Waals surface area contributed by atoms with E-state index in [2.05, 4.69) is 35.1 Å². The number of amides is 1. The quantitative estimate of drug-likeness (QED) is 0.715. The fourth-order valence-electron chi connectivity index (χ4n) is 4.45. The minimum atomic E-state index is 0.123. The molecular formula is C20H35N5O2. The average Bonchev–Trinajstić information content (AvgIpc) is 3.00. The molecule has 0 aliphatic carbocycles. The molecule has 2 saturated heterocycles. The van der Waals surface area contributed by atoms with E-state index in [1.807, 2.05) is 15.8 Å². The summed E-state index contributed by atoms with van der Waals surface area (Å²) in [5, 5.41) is 4.38. The Morgan fingerprint density at radius 1 is 1.19 bits per heavy atom. The Bertz CT molecular complexity index is 619. The third-order valence-electron chi connectivity index (χ3n) is 6.27. The van der Waals surface area contributed by atoms with Gasteiger partial charge in [0.05, 0.1) is 12.8 Å². The van der Waals surface area contributed by atoms with Crippen LogP contribution in [-0.2, 0) is 16.1 Å². The van der Waals surface area contributed by atoms with Crippen LogP contribution in [0.3, 0.4) is 0 Å². The van der Waals surface area contributed by atoms with Gasteiger partial charge in [0.25, 0.3) is 0 Å². The predicted molar refractivity (Wildman–Crippen MR) is 106 cm³/mol. The van der Waals surface area contributed by atoms with Gasteiger partial charge < -0.3 is 14.5 Å². The second-order valence-corrected chi connectivity index (χ2v) is 8.18. The molecule has 152 valence electrons. The zero-order chi connectivity index (χ0) is 19.3. The van der Waals surface area contributed by atoms with Crippen molar-refractivity contribution in [2.45, 2.75) is 44.7 Å². The van der Waals surface area contributed by atoms with E-state index in [9.17, 15) is 4.79 Å². The third kappa shape index (κ3) is 5.09. The van der Waals surface area contributed by atoms with E-state index in [1.54, 1.807) is 7.11 Å². The maximum Gasteiger partial charge on any atom is 0.222 e. The standard InChI is InChI=1S/C20H35N5O2/c1-18-15-21-25(16-18)9-4-8-23-12-11-22(2)20(17-23)6-5-19(26)24(10-7-20)13-14-27-3/h15-16H,4-14,17H2,1-3H3. The van der Waals surface area contributed by atoms with Crippen LogP contribution in [0.2, 0.25) is 0 Å². The van der Waals surface area contributed by atoms with Crippen LogP contribution in [0.1, 0.15) is 31.2 Å². The van der Waals surface area contributed by atoms with Gasteiger partial charge in [0.15, 0.2) is 0 Å². The lowest BCUT2D eigenvalue weighted by atomic mass is 9.86. The van der Waals surface area contributed by atoms with E-state index in [0.29, 0.717) is 19.6 Å². The van der Waals surface area contributed by atoms with Crippen molar-refractivity contribution in [3.8, 4) is 0 Å². The molecule has 7 nitrogen and oxygen atoms in total. The Hall–Kier alpha value is -1.44. The van der Waals surface area contributed by atoms with Crippen molar-refractivity contribution in [2.75, 3.05) is 60.0 Å². The lowest BCUT2D eigenvalue weighted by Crippen LogP contribution is -2.61. The van der Waals surface area contributed by atoms with Crippen molar-refractivity contribution in [3.05, 3.63) is 18.0 Å². The minimum Gasteiger partial charge on any atom is -0.383 e. The fraction of sp³-hybridized carbons (Fsp3) is 0.800. The number of piperazine rings is 1. The summed E-state index contributed by atoms with van der Waals surface area (Å²) in [6.07, 6.45) is 7.79. The number of hydrogen-bond donors (Lipinski definition) is 0. The molecule has 0 aromatic carbocycles. The highest BCUT2D eigenvalue weighted by Crippen LogP contribution is 2.32. The van der Waals surface area contributed by atoms with E-state index in [-0.39, 0.29) is 11.4 Å². The molecule has 0 saturated carbocycles. The van der Waals surface area contributed by atoms with E-state index in [0.717, 1.165) is 58.5 Å². The summed E-state index contributed by atoms with van der Waals surface area (Å²) in [7, 11) is 3.93. The number of aryl methyl sites for hydroxylation is 2. The van der Waals surface area contributed by atoms with Crippen molar-refractivity contribution in [3.63, 3.8) is 0 Å². The number of carbonyl (C=O) groups excluding carboxylic acids is 1. The van der Waals surface area contributed by atoms with Crippen LogP contribution in [0.5, 0.6) is 0 Å². The third-order valence-corrected chi connectivity index (χ3v) is 6.27. The second-order valence-electron chi connectivity index (χ2n) is 8.18. The highest BCUT2D eigenvalue weighted by atomic mass is 16.5. The zero-order valence-electron chi connectivity index (χ0n) is 17.2. The first kappa shape index (κ1) is 20.3. The van der Waals surface area contributed by atoms with Gasteiger partial charge in [-0.2, -0.15) is 5.10 Å². The average molecular weight is 378 g/mol. The van der Waals surface area contributed by atoms with Crippen LogP contribution in [0.15, 0.2) is 12.4 Å². The second kappa shape index (κ2) is 9.17. The summed E-state index contributed by atoms with van der Waals surface area (Å²) in [6.45, 7) is 9.56. The van der Waals surface area contributed by atoms with Crippen LogP contribution in [0.4, 0.5) is 0 Å². The van der Waals surface area contributed by atoms with Gasteiger partial charge in [0, 0.05) is 71.1 Å². The minimum absolute atomic E-state index is 0.123. The van der Waals surface area contributed by atoms with E-state index >= 15 is 0 Å². The van der Waals surface area contributed by atoms with Crippen LogP contribution >= 0.6 is 0 Å². The molecule has 1 atom stereocenters. The number of carbonyl (C=O) groups is 1. The predicted octanol–water partition coefficient (Wildman–Crippen LogP) is 1.23. The van der Waals surface area contributed by atoms with Crippen molar-refractivity contribution in [2.24, 2.45) is 0 Å². The Balaban J connectivity index is 1.54. The number of nitrogens with zero attached hydrogens (tertiary/aromatic N) is 5. The fourth-order valence-corrected chi connectivity index (χ4v) is 4.45. The van der Waals surface area contributed by atoms with Crippen LogP contribution in [-0.4, -0.2) is 96.0 Å². The van der Waals surface area contributed by atoms with Gasteiger partial charge in [-0.3, -0.25) is 14.4 Å². The first-order valence-corrected chi connectivity index (χ1v) is 10.2. The van der Waals surface area contributed by atoms with E-state index < -0.39 is 0 Å². The molecule has 27 heavy (non-hydrogen) atoms. The molecule has 1 spiro atoms. The Kier molecular flexibility index (Phi) is 6.89.